The fourth-order valence-electron chi connectivity index (χ4n) is 2.83. The monoisotopic (exact) mass is 282 g/mol. The third kappa shape index (κ3) is 2.50. The number of nitrogens with two attached hydrogens (primary N) is 1. The van der Waals surface area contributed by atoms with Crippen molar-refractivity contribution in [1.29, 1.82) is 0 Å². The number of aliphatic hydroxyl groups excluding tert-OH is 1. The molecule has 0 radical (unpaired) electrons. The SMILES string of the molecule is Cc1ccc(N)c(C(=O)N[C@H]2c3ccccc3C[C@H]2O)c1. The van der Waals surface area contributed by atoms with Gasteiger partial charge in [-0.05, 0) is 30.2 Å². The number of hydrogen-bond acceptors (Lipinski definition) is 3. The lowest BCUT2D eigenvalue weighted by atomic mass is 10.1. The summed E-state index contributed by atoms with van der Waals surface area (Å²) in [7, 11) is 0. The van der Waals surface area contributed by atoms with E-state index in [1.54, 1.807) is 12.1 Å². The molecule has 2 aromatic carbocycles. The normalized spacial score (nSPS) is 20.1. The summed E-state index contributed by atoms with van der Waals surface area (Å²) in [4.78, 5) is 12.4. The number of benzene rings is 2. The minimum atomic E-state index is -0.600. The topological polar surface area (TPSA) is 75.4 Å². The van der Waals surface area contributed by atoms with Gasteiger partial charge in [0.05, 0.1) is 17.7 Å². The van der Waals surface area contributed by atoms with E-state index in [4.69, 9.17) is 5.73 Å². The third-order valence-corrected chi connectivity index (χ3v) is 3.94. The molecule has 0 fully saturated rings. The summed E-state index contributed by atoms with van der Waals surface area (Å²) in [6.45, 7) is 1.91. The lowest BCUT2D eigenvalue weighted by Crippen LogP contribution is -2.34. The van der Waals surface area contributed by atoms with Gasteiger partial charge in [-0.2, -0.15) is 0 Å². The number of fused-ring (bicyclic) bond motifs is 1. The Bertz CT molecular complexity index is 697. The van der Waals surface area contributed by atoms with Gasteiger partial charge in [-0.1, -0.05) is 35.9 Å². The maximum atomic E-state index is 12.4. The average molecular weight is 282 g/mol. The predicted molar refractivity (Wildman–Crippen MR) is 82.0 cm³/mol. The molecule has 0 spiro atoms. The van der Waals surface area contributed by atoms with Gasteiger partial charge in [0.2, 0.25) is 0 Å². The largest absolute Gasteiger partial charge is 0.398 e. The van der Waals surface area contributed by atoms with Crippen molar-refractivity contribution in [3.05, 3.63) is 64.7 Å². The summed E-state index contributed by atoms with van der Waals surface area (Å²) in [5.74, 6) is -0.253. The number of carbonyl (C=O) groups excluding carboxylic acids is 1. The summed E-state index contributed by atoms with van der Waals surface area (Å²) in [5.41, 5.74) is 9.79. The van der Waals surface area contributed by atoms with E-state index in [0.717, 1.165) is 16.7 Å². The minimum absolute atomic E-state index is 0.253. The molecule has 2 atom stereocenters. The van der Waals surface area contributed by atoms with Crippen molar-refractivity contribution in [3.63, 3.8) is 0 Å². The zero-order chi connectivity index (χ0) is 15.0. The molecule has 108 valence electrons. The zero-order valence-electron chi connectivity index (χ0n) is 11.8. The molecule has 0 heterocycles. The van der Waals surface area contributed by atoms with Crippen molar-refractivity contribution >= 4 is 11.6 Å². The molecule has 1 aliphatic rings. The minimum Gasteiger partial charge on any atom is -0.398 e. The molecule has 3 rings (SSSR count). The molecule has 2 aromatic rings. The molecule has 4 nitrogen and oxygen atoms in total. The number of anilines is 1. The van der Waals surface area contributed by atoms with Crippen molar-refractivity contribution in [2.75, 3.05) is 5.73 Å². The lowest BCUT2D eigenvalue weighted by molar-refractivity contribution is 0.0859. The lowest BCUT2D eigenvalue weighted by Gasteiger charge is -2.18. The second kappa shape index (κ2) is 5.22. The van der Waals surface area contributed by atoms with Gasteiger partial charge in [0.15, 0.2) is 0 Å². The first kappa shape index (κ1) is 13.6. The average Bonchev–Trinajstić information content (AvgIpc) is 2.78. The maximum absolute atomic E-state index is 12.4. The molecule has 0 saturated carbocycles. The van der Waals surface area contributed by atoms with Crippen molar-refractivity contribution in [2.45, 2.75) is 25.5 Å². The predicted octanol–water partition coefficient (Wildman–Crippen LogP) is 1.97. The van der Waals surface area contributed by atoms with E-state index in [1.165, 1.54) is 0 Å². The van der Waals surface area contributed by atoms with Gasteiger partial charge < -0.3 is 16.2 Å². The number of hydrogen-bond donors (Lipinski definition) is 3. The molecule has 1 amide bonds. The van der Waals surface area contributed by atoms with Gasteiger partial charge in [-0.3, -0.25) is 4.79 Å². The highest BCUT2D eigenvalue weighted by Crippen LogP contribution is 2.31. The number of aliphatic hydroxyl groups is 1. The van der Waals surface area contributed by atoms with Gasteiger partial charge in [-0.15, -0.1) is 0 Å². The van der Waals surface area contributed by atoms with Crippen LogP contribution in [0.1, 0.15) is 33.1 Å². The molecule has 21 heavy (non-hydrogen) atoms. The highest BCUT2D eigenvalue weighted by Gasteiger charge is 2.32. The quantitative estimate of drug-likeness (QED) is 0.737. The van der Waals surface area contributed by atoms with Crippen LogP contribution in [0.15, 0.2) is 42.5 Å². The Morgan fingerprint density at radius 3 is 2.86 bits per heavy atom. The number of nitrogen functional groups attached to an aromatic ring is 1. The van der Waals surface area contributed by atoms with Crippen molar-refractivity contribution in [1.82, 2.24) is 5.32 Å². The zero-order valence-corrected chi connectivity index (χ0v) is 11.8. The maximum Gasteiger partial charge on any atom is 0.253 e. The van der Waals surface area contributed by atoms with E-state index in [2.05, 4.69) is 5.32 Å². The number of rotatable bonds is 2. The highest BCUT2D eigenvalue weighted by molar-refractivity contribution is 5.99. The second-order valence-electron chi connectivity index (χ2n) is 5.51. The molecule has 0 unspecified atom stereocenters. The summed E-state index contributed by atoms with van der Waals surface area (Å²) in [6, 6.07) is 12.7. The van der Waals surface area contributed by atoms with Crippen LogP contribution in [0, 0.1) is 6.92 Å². The standard InChI is InChI=1S/C17H18N2O2/c1-10-6-7-14(18)13(8-10)17(21)19-16-12-5-3-2-4-11(12)9-15(16)20/h2-8,15-16,20H,9,18H2,1H3,(H,19,21)/t15-,16+/m1/s1. The summed E-state index contributed by atoms with van der Waals surface area (Å²) >= 11 is 0. The third-order valence-electron chi connectivity index (χ3n) is 3.94. The van der Waals surface area contributed by atoms with Gasteiger partial charge in [0.1, 0.15) is 0 Å². The molecular weight excluding hydrogens is 264 g/mol. The first-order valence-electron chi connectivity index (χ1n) is 6.99. The Labute approximate surface area is 123 Å². The van der Waals surface area contributed by atoms with Crippen molar-refractivity contribution in [2.24, 2.45) is 0 Å². The summed E-state index contributed by atoms with van der Waals surface area (Å²) in [5, 5.41) is 13.1. The molecule has 0 aromatic heterocycles. The van der Waals surface area contributed by atoms with Crippen LogP contribution in [0.25, 0.3) is 0 Å². The van der Waals surface area contributed by atoms with Gasteiger partial charge in [0, 0.05) is 12.1 Å². The fraction of sp³-hybridized carbons (Fsp3) is 0.235. The fourth-order valence-corrected chi connectivity index (χ4v) is 2.83. The Morgan fingerprint density at radius 2 is 2.05 bits per heavy atom. The van der Waals surface area contributed by atoms with E-state index in [-0.39, 0.29) is 11.9 Å². The number of aryl methyl sites for hydroxylation is 1. The van der Waals surface area contributed by atoms with Gasteiger partial charge in [-0.25, -0.2) is 0 Å². The Kier molecular flexibility index (Phi) is 3.39. The molecule has 0 bridgehead atoms. The summed E-state index contributed by atoms with van der Waals surface area (Å²) in [6.07, 6.45) is -0.0397. The van der Waals surface area contributed by atoms with Crippen molar-refractivity contribution in [3.8, 4) is 0 Å². The van der Waals surface area contributed by atoms with Gasteiger partial charge in [0.25, 0.3) is 5.91 Å². The van der Waals surface area contributed by atoms with E-state index >= 15 is 0 Å². The molecule has 0 saturated heterocycles. The number of carbonyl (C=O) groups is 1. The van der Waals surface area contributed by atoms with Crippen LogP contribution in [0.3, 0.4) is 0 Å². The Hall–Kier alpha value is -2.33. The van der Waals surface area contributed by atoms with Gasteiger partial charge >= 0.3 is 0 Å². The first-order chi connectivity index (χ1) is 10.1. The molecule has 4 heteroatoms. The van der Waals surface area contributed by atoms with Crippen LogP contribution in [0.5, 0.6) is 0 Å². The Balaban J connectivity index is 1.87. The van der Waals surface area contributed by atoms with Crippen LogP contribution in [0.4, 0.5) is 5.69 Å². The molecule has 0 aliphatic heterocycles. The number of nitrogens with one attached hydrogen (secondary N) is 1. The molecular formula is C17H18N2O2. The molecule has 4 N–H and O–H groups in total. The Morgan fingerprint density at radius 1 is 1.29 bits per heavy atom. The van der Waals surface area contributed by atoms with E-state index in [9.17, 15) is 9.90 Å². The van der Waals surface area contributed by atoms with Crippen LogP contribution in [-0.4, -0.2) is 17.1 Å². The van der Waals surface area contributed by atoms with Crippen LogP contribution in [0.2, 0.25) is 0 Å². The second-order valence-corrected chi connectivity index (χ2v) is 5.51. The smallest absolute Gasteiger partial charge is 0.253 e. The van der Waals surface area contributed by atoms with Crippen molar-refractivity contribution < 1.29 is 9.90 Å². The van der Waals surface area contributed by atoms with E-state index < -0.39 is 6.10 Å². The number of amides is 1. The molecule has 1 aliphatic carbocycles. The first-order valence-corrected chi connectivity index (χ1v) is 6.99. The van der Waals surface area contributed by atoms with E-state index in [1.807, 2.05) is 37.3 Å². The summed E-state index contributed by atoms with van der Waals surface area (Å²) < 4.78 is 0. The van der Waals surface area contributed by atoms with E-state index in [0.29, 0.717) is 17.7 Å². The van der Waals surface area contributed by atoms with Crippen LogP contribution < -0.4 is 11.1 Å². The highest BCUT2D eigenvalue weighted by atomic mass is 16.3. The van der Waals surface area contributed by atoms with Crippen LogP contribution in [-0.2, 0) is 6.42 Å². The van der Waals surface area contributed by atoms with Crippen LogP contribution >= 0.6 is 0 Å².